The minimum absolute atomic E-state index is 0.854. The van der Waals surface area contributed by atoms with Crippen molar-refractivity contribution in [1.82, 2.24) is 5.32 Å². The van der Waals surface area contributed by atoms with E-state index in [0.29, 0.717) is 0 Å². The third-order valence-corrected chi connectivity index (χ3v) is 4.19. The molecule has 0 heterocycles. The minimum atomic E-state index is 0.854. The van der Waals surface area contributed by atoms with Crippen LogP contribution in [0.2, 0.25) is 0 Å². The highest BCUT2D eigenvalue weighted by Gasteiger charge is 2.20. The first-order valence-corrected chi connectivity index (χ1v) is 6.58. The Labute approximate surface area is 88.7 Å². The van der Waals surface area contributed by atoms with E-state index in [1.807, 2.05) is 0 Å². The zero-order valence-electron chi connectivity index (χ0n) is 9.60. The quantitative estimate of drug-likeness (QED) is 0.728. The summed E-state index contributed by atoms with van der Waals surface area (Å²) < 4.78 is 0. The molecule has 0 amide bonds. The zero-order chi connectivity index (χ0) is 9.80. The molecule has 1 nitrogen and oxygen atoms in total. The molecule has 1 heteroatoms. The van der Waals surface area contributed by atoms with Gasteiger partial charge in [0.25, 0.3) is 0 Å². The molecule has 0 aromatic carbocycles. The summed E-state index contributed by atoms with van der Waals surface area (Å²) in [5.74, 6) is 1.99. The molecule has 82 valence electrons. The normalized spacial score (nSPS) is 34.9. The van der Waals surface area contributed by atoms with E-state index in [4.69, 9.17) is 0 Å². The monoisotopic (exact) mass is 195 g/mol. The van der Waals surface area contributed by atoms with Crippen molar-refractivity contribution in [3.63, 3.8) is 0 Å². The predicted molar refractivity (Wildman–Crippen MR) is 61.4 cm³/mol. The molecule has 2 saturated carbocycles. The second-order valence-corrected chi connectivity index (χ2v) is 5.52. The highest BCUT2D eigenvalue weighted by atomic mass is 14.9. The van der Waals surface area contributed by atoms with E-state index in [0.717, 1.165) is 17.9 Å². The van der Waals surface area contributed by atoms with Gasteiger partial charge in [-0.1, -0.05) is 19.8 Å². The molecule has 0 bridgehead atoms. The maximum absolute atomic E-state index is 3.78. The molecule has 14 heavy (non-hydrogen) atoms. The summed E-state index contributed by atoms with van der Waals surface area (Å²) in [7, 11) is 0. The van der Waals surface area contributed by atoms with Gasteiger partial charge in [-0.25, -0.2) is 0 Å². The fourth-order valence-corrected chi connectivity index (χ4v) is 3.01. The molecule has 0 saturated heterocycles. The number of hydrogen-bond acceptors (Lipinski definition) is 1. The lowest BCUT2D eigenvalue weighted by molar-refractivity contribution is 0.295. The Morgan fingerprint density at radius 2 is 1.57 bits per heavy atom. The van der Waals surface area contributed by atoms with E-state index in [2.05, 4.69) is 12.2 Å². The lowest BCUT2D eigenvalue weighted by Gasteiger charge is -2.28. The fraction of sp³-hybridized carbons (Fsp3) is 1.00. The van der Waals surface area contributed by atoms with Gasteiger partial charge >= 0.3 is 0 Å². The van der Waals surface area contributed by atoms with E-state index in [1.165, 1.54) is 57.9 Å². The first-order valence-electron chi connectivity index (χ1n) is 6.58. The van der Waals surface area contributed by atoms with Crippen molar-refractivity contribution in [1.29, 1.82) is 0 Å². The molecular weight excluding hydrogens is 170 g/mol. The van der Waals surface area contributed by atoms with E-state index >= 15 is 0 Å². The molecule has 0 radical (unpaired) electrons. The largest absolute Gasteiger partial charge is 0.314 e. The molecule has 2 rings (SSSR count). The highest BCUT2D eigenvalue weighted by molar-refractivity contribution is 4.77. The third kappa shape index (κ3) is 2.98. The molecule has 0 aliphatic heterocycles. The summed E-state index contributed by atoms with van der Waals surface area (Å²) in [6.07, 6.45) is 11.7. The zero-order valence-corrected chi connectivity index (χ0v) is 9.60. The van der Waals surface area contributed by atoms with Gasteiger partial charge in [-0.3, -0.25) is 0 Å². The standard InChI is InChI=1S/C13H25N/c1-11-6-8-13(9-7-11)14-10-12-4-2-3-5-12/h11-14H,2-10H2,1H3. The van der Waals surface area contributed by atoms with Crippen LogP contribution in [0.25, 0.3) is 0 Å². The van der Waals surface area contributed by atoms with Crippen LogP contribution in [0.15, 0.2) is 0 Å². The molecule has 1 N–H and O–H groups in total. The molecule has 0 atom stereocenters. The summed E-state index contributed by atoms with van der Waals surface area (Å²) >= 11 is 0. The maximum atomic E-state index is 3.78. The second-order valence-electron chi connectivity index (χ2n) is 5.52. The van der Waals surface area contributed by atoms with Gasteiger partial charge in [0, 0.05) is 6.04 Å². The highest BCUT2D eigenvalue weighted by Crippen LogP contribution is 2.26. The number of hydrogen-bond donors (Lipinski definition) is 1. The summed E-state index contributed by atoms with van der Waals surface area (Å²) in [6.45, 7) is 3.70. The van der Waals surface area contributed by atoms with E-state index in [1.54, 1.807) is 0 Å². The summed E-state index contributed by atoms with van der Waals surface area (Å²) in [6, 6.07) is 0.854. The summed E-state index contributed by atoms with van der Waals surface area (Å²) in [5.41, 5.74) is 0. The Hall–Kier alpha value is -0.0400. The van der Waals surface area contributed by atoms with Crippen molar-refractivity contribution in [3.05, 3.63) is 0 Å². The van der Waals surface area contributed by atoms with Crippen LogP contribution in [-0.2, 0) is 0 Å². The Kier molecular flexibility index (Phi) is 3.86. The van der Waals surface area contributed by atoms with Crippen LogP contribution in [0.4, 0.5) is 0 Å². The van der Waals surface area contributed by atoms with E-state index in [9.17, 15) is 0 Å². The molecule has 2 aliphatic rings. The van der Waals surface area contributed by atoms with Crippen molar-refractivity contribution in [2.24, 2.45) is 11.8 Å². The fourth-order valence-electron chi connectivity index (χ4n) is 3.01. The molecule has 0 spiro atoms. The van der Waals surface area contributed by atoms with Crippen LogP contribution in [0.5, 0.6) is 0 Å². The van der Waals surface area contributed by atoms with Crippen LogP contribution < -0.4 is 5.32 Å². The Morgan fingerprint density at radius 1 is 0.929 bits per heavy atom. The molecular formula is C13H25N. The van der Waals surface area contributed by atoms with Gasteiger partial charge in [-0.15, -0.1) is 0 Å². The molecule has 0 aromatic rings. The topological polar surface area (TPSA) is 12.0 Å². The molecule has 0 unspecified atom stereocenters. The van der Waals surface area contributed by atoms with Crippen LogP contribution in [0, 0.1) is 11.8 Å². The number of nitrogens with one attached hydrogen (secondary N) is 1. The molecule has 2 aliphatic carbocycles. The summed E-state index contributed by atoms with van der Waals surface area (Å²) in [4.78, 5) is 0. The molecule has 2 fully saturated rings. The average Bonchev–Trinajstić information content (AvgIpc) is 2.70. The van der Waals surface area contributed by atoms with Gasteiger partial charge in [0.05, 0.1) is 0 Å². The van der Waals surface area contributed by atoms with E-state index < -0.39 is 0 Å². The van der Waals surface area contributed by atoms with Crippen molar-refractivity contribution < 1.29 is 0 Å². The average molecular weight is 195 g/mol. The van der Waals surface area contributed by atoms with Gasteiger partial charge in [0.1, 0.15) is 0 Å². The first-order chi connectivity index (χ1) is 6.84. The minimum Gasteiger partial charge on any atom is -0.314 e. The van der Waals surface area contributed by atoms with E-state index in [-0.39, 0.29) is 0 Å². The van der Waals surface area contributed by atoms with Gasteiger partial charge in [-0.2, -0.15) is 0 Å². The van der Waals surface area contributed by atoms with Gasteiger partial charge in [-0.05, 0) is 56.9 Å². The van der Waals surface area contributed by atoms with Crippen LogP contribution in [0.1, 0.15) is 58.3 Å². The van der Waals surface area contributed by atoms with Crippen LogP contribution >= 0.6 is 0 Å². The summed E-state index contributed by atoms with van der Waals surface area (Å²) in [5, 5.41) is 3.78. The predicted octanol–water partition coefficient (Wildman–Crippen LogP) is 3.34. The maximum Gasteiger partial charge on any atom is 0.00673 e. The van der Waals surface area contributed by atoms with Crippen molar-refractivity contribution in [2.75, 3.05) is 6.54 Å². The van der Waals surface area contributed by atoms with Gasteiger partial charge < -0.3 is 5.32 Å². The Balaban J connectivity index is 1.60. The van der Waals surface area contributed by atoms with Gasteiger partial charge in [0.2, 0.25) is 0 Å². The lowest BCUT2D eigenvalue weighted by Crippen LogP contribution is -2.35. The van der Waals surface area contributed by atoms with Gasteiger partial charge in [0.15, 0.2) is 0 Å². The smallest absolute Gasteiger partial charge is 0.00673 e. The Bertz CT molecular complexity index is 153. The van der Waals surface area contributed by atoms with Crippen molar-refractivity contribution in [3.8, 4) is 0 Å². The van der Waals surface area contributed by atoms with Crippen LogP contribution in [0.3, 0.4) is 0 Å². The van der Waals surface area contributed by atoms with Crippen molar-refractivity contribution in [2.45, 2.75) is 64.3 Å². The van der Waals surface area contributed by atoms with Crippen molar-refractivity contribution >= 4 is 0 Å². The first kappa shape index (κ1) is 10.5. The SMILES string of the molecule is CC1CCC(NCC2CCCC2)CC1. The third-order valence-electron chi connectivity index (χ3n) is 4.19. The second kappa shape index (κ2) is 5.16. The lowest BCUT2D eigenvalue weighted by atomic mass is 9.87. The molecule has 0 aromatic heterocycles. The number of rotatable bonds is 3. The van der Waals surface area contributed by atoms with Crippen LogP contribution in [-0.4, -0.2) is 12.6 Å². The Morgan fingerprint density at radius 3 is 2.21 bits per heavy atom.